The van der Waals surface area contributed by atoms with E-state index < -0.39 is 5.82 Å². The second-order valence-electron chi connectivity index (χ2n) is 6.79. The van der Waals surface area contributed by atoms with E-state index in [4.69, 9.17) is 4.74 Å². The molecular formula is C19H22FN5O2. The van der Waals surface area contributed by atoms with Gasteiger partial charge in [0.1, 0.15) is 17.7 Å². The lowest BCUT2D eigenvalue weighted by Crippen LogP contribution is -2.34. The van der Waals surface area contributed by atoms with E-state index in [9.17, 15) is 9.18 Å². The Kier molecular flexibility index (Phi) is 5.04. The zero-order valence-electron chi connectivity index (χ0n) is 15.0. The van der Waals surface area contributed by atoms with Crippen LogP contribution in [-0.2, 0) is 0 Å². The smallest absolute Gasteiger partial charge is 0.323 e. The predicted molar refractivity (Wildman–Crippen MR) is 99.5 cm³/mol. The first-order valence-electron chi connectivity index (χ1n) is 9.23. The number of halogens is 1. The fourth-order valence-electron chi connectivity index (χ4n) is 3.47. The Morgan fingerprint density at radius 1 is 1.19 bits per heavy atom. The molecule has 0 aliphatic carbocycles. The van der Waals surface area contributed by atoms with Crippen molar-refractivity contribution in [1.82, 2.24) is 14.9 Å². The van der Waals surface area contributed by atoms with Gasteiger partial charge in [-0.25, -0.2) is 19.2 Å². The standard InChI is InChI=1S/C19H22FN5O2/c20-14-5-6-17(22-12-14)23-19(26)25-11-7-15(13-25)27-16-4-3-8-21-18(16)24-9-1-2-10-24/h3-6,8,12,15H,1-2,7,9-11,13H2,(H,22,23,26)/t15-/m1/s1. The monoisotopic (exact) mass is 371 g/mol. The molecule has 2 aromatic rings. The molecule has 0 radical (unpaired) electrons. The predicted octanol–water partition coefficient (Wildman–Crippen LogP) is 2.90. The second-order valence-corrected chi connectivity index (χ2v) is 6.79. The summed E-state index contributed by atoms with van der Waals surface area (Å²) < 4.78 is 19.1. The van der Waals surface area contributed by atoms with Crippen LogP contribution in [0.2, 0.25) is 0 Å². The minimum absolute atomic E-state index is 0.0810. The fourth-order valence-corrected chi connectivity index (χ4v) is 3.47. The molecule has 7 nitrogen and oxygen atoms in total. The van der Waals surface area contributed by atoms with Gasteiger partial charge in [0.05, 0.1) is 12.7 Å². The van der Waals surface area contributed by atoms with Gasteiger partial charge in [-0.05, 0) is 37.1 Å². The molecule has 0 unspecified atom stereocenters. The van der Waals surface area contributed by atoms with E-state index in [2.05, 4.69) is 20.2 Å². The molecule has 142 valence electrons. The second kappa shape index (κ2) is 7.77. The maximum Gasteiger partial charge on any atom is 0.323 e. The van der Waals surface area contributed by atoms with Crippen LogP contribution in [0.4, 0.5) is 20.8 Å². The highest BCUT2D eigenvalue weighted by atomic mass is 19.1. The number of hydrogen-bond donors (Lipinski definition) is 1. The van der Waals surface area contributed by atoms with Crippen molar-refractivity contribution < 1.29 is 13.9 Å². The van der Waals surface area contributed by atoms with Crippen molar-refractivity contribution >= 4 is 17.7 Å². The number of pyridine rings is 2. The average molecular weight is 371 g/mol. The molecule has 2 aliphatic heterocycles. The number of carbonyl (C=O) groups excluding carboxylic acids is 1. The third kappa shape index (κ3) is 4.10. The van der Waals surface area contributed by atoms with Gasteiger partial charge in [0.25, 0.3) is 0 Å². The van der Waals surface area contributed by atoms with Crippen molar-refractivity contribution in [2.75, 3.05) is 36.4 Å². The summed E-state index contributed by atoms with van der Waals surface area (Å²) in [4.78, 5) is 24.6. The molecule has 2 amide bonds. The van der Waals surface area contributed by atoms with Crippen LogP contribution in [0.1, 0.15) is 19.3 Å². The molecule has 0 saturated carbocycles. The SMILES string of the molecule is O=C(Nc1ccc(F)cn1)N1CC[C@@H](Oc2cccnc2N2CCCC2)C1. The summed E-state index contributed by atoms with van der Waals surface area (Å²) >= 11 is 0. The van der Waals surface area contributed by atoms with E-state index in [1.807, 2.05) is 12.1 Å². The molecule has 2 aromatic heterocycles. The minimum atomic E-state index is -0.437. The third-order valence-corrected chi connectivity index (χ3v) is 4.84. The maximum absolute atomic E-state index is 12.9. The molecule has 2 saturated heterocycles. The quantitative estimate of drug-likeness (QED) is 0.895. The van der Waals surface area contributed by atoms with E-state index in [0.717, 1.165) is 37.3 Å². The lowest BCUT2D eigenvalue weighted by molar-refractivity contribution is 0.194. The van der Waals surface area contributed by atoms with Crippen molar-refractivity contribution in [3.63, 3.8) is 0 Å². The van der Waals surface area contributed by atoms with Gasteiger partial charge in [0, 0.05) is 32.3 Å². The molecule has 1 N–H and O–H groups in total. The lowest BCUT2D eigenvalue weighted by Gasteiger charge is -2.22. The molecule has 2 aliphatic rings. The van der Waals surface area contributed by atoms with E-state index in [-0.39, 0.29) is 12.1 Å². The molecule has 27 heavy (non-hydrogen) atoms. The average Bonchev–Trinajstić information content (AvgIpc) is 3.36. The van der Waals surface area contributed by atoms with Gasteiger partial charge in [-0.2, -0.15) is 0 Å². The van der Waals surface area contributed by atoms with Crippen LogP contribution >= 0.6 is 0 Å². The number of rotatable bonds is 4. The number of carbonyl (C=O) groups is 1. The fraction of sp³-hybridized carbons (Fsp3) is 0.421. The van der Waals surface area contributed by atoms with E-state index in [0.29, 0.717) is 18.9 Å². The highest BCUT2D eigenvalue weighted by Crippen LogP contribution is 2.30. The van der Waals surface area contributed by atoms with E-state index in [1.54, 1.807) is 11.1 Å². The molecule has 2 fully saturated rings. The molecule has 4 rings (SSSR count). The molecule has 4 heterocycles. The highest BCUT2D eigenvalue weighted by Gasteiger charge is 2.29. The Morgan fingerprint density at radius 3 is 2.81 bits per heavy atom. The number of likely N-dealkylation sites (tertiary alicyclic amines) is 1. The van der Waals surface area contributed by atoms with Crippen molar-refractivity contribution in [3.05, 3.63) is 42.5 Å². The Labute approximate surface area is 157 Å². The van der Waals surface area contributed by atoms with Gasteiger partial charge in [-0.15, -0.1) is 0 Å². The minimum Gasteiger partial charge on any atom is -0.485 e. The molecule has 0 spiro atoms. The Balaban J connectivity index is 1.36. The molecule has 1 atom stereocenters. The summed E-state index contributed by atoms with van der Waals surface area (Å²) in [6.45, 7) is 3.08. The summed E-state index contributed by atoms with van der Waals surface area (Å²) in [5, 5.41) is 2.68. The number of hydrogen-bond acceptors (Lipinski definition) is 5. The summed E-state index contributed by atoms with van der Waals surface area (Å²) in [6.07, 6.45) is 5.87. The number of urea groups is 1. The van der Waals surface area contributed by atoms with Crippen LogP contribution < -0.4 is 15.0 Å². The number of nitrogens with one attached hydrogen (secondary N) is 1. The van der Waals surface area contributed by atoms with Crippen LogP contribution in [0.15, 0.2) is 36.7 Å². The van der Waals surface area contributed by atoms with Gasteiger partial charge in [-0.3, -0.25) is 5.32 Å². The summed E-state index contributed by atoms with van der Waals surface area (Å²) in [7, 11) is 0. The van der Waals surface area contributed by atoms with Crippen LogP contribution in [0.3, 0.4) is 0 Å². The lowest BCUT2D eigenvalue weighted by atomic mass is 10.3. The van der Waals surface area contributed by atoms with Crippen molar-refractivity contribution in [1.29, 1.82) is 0 Å². The van der Waals surface area contributed by atoms with Gasteiger partial charge in [0.2, 0.25) is 0 Å². The largest absolute Gasteiger partial charge is 0.485 e. The van der Waals surface area contributed by atoms with Crippen molar-refractivity contribution in [3.8, 4) is 5.75 Å². The molecule has 8 heteroatoms. The first-order valence-corrected chi connectivity index (χ1v) is 9.23. The molecular weight excluding hydrogens is 349 g/mol. The van der Waals surface area contributed by atoms with Crippen LogP contribution in [0.25, 0.3) is 0 Å². The van der Waals surface area contributed by atoms with E-state index in [1.165, 1.54) is 25.0 Å². The maximum atomic E-state index is 12.9. The number of ether oxygens (including phenoxy) is 1. The van der Waals surface area contributed by atoms with Gasteiger partial charge in [0.15, 0.2) is 11.6 Å². The van der Waals surface area contributed by atoms with E-state index >= 15 is 0 Å². The number of aromatic nitrogens is 2. The van der Waals surface area contributed by atoms with Crippen molar-refractivity contribution in [2.24, 2.45) is 0 Å². The van der Waals surface area contributed by atoms with Gasteiger partial charge in [-0.1, -0.05) is 0 Å². The Hall–Kier alpha value is -2.90. The number of nitrogens with zero attached hydrogens (tertiary/aromatic N) is 4. The number of anilines is 2. The zero-order chi connectivity index (χ0) is 18.6. The Bertz CT molecular complexity index is 795. The first-order chi connectivity index (χ1) is 13.2. The number of amides is 2. The zero-order valence-corrected chi connectivity index (χ0v) is 15.0. The van der Waals surface area contributed by atoms with Crippen LogP contribution in [-0.4, -0.2) is 53.2 Å². The first kappa shape index (κ1) is 17.5. The highest BCUT2D eigenvalue weighted by molar-refractivity contribution is 5.88. The summed E-state index contributed by atoms with van der Waals surface area (Å²) in [5.41, 5.74) is 0. The molecule has 0 bridgehead atoms. The third-order valence-electron chi connectivity index (χ3n) is 4.84. The molecule has 0 aromatic carbocycles. The normalized spacial score (nSPS) is 19.4. The topological polar surface area (TPSA) is 70.6 Å². The van der Waals surface area contributed by atoms with Gasteiger partial charge < -0.3 is 14.5 Å². The summed E-state index contributed by atoms with van der Waals surface area (Å²) in [6, 6.07) is 6.25. The summed E-state index contributed by atoms with van der Waals surface area (Å²) in [5.74, 6) is 1.54. The van der Waals surface area contributed by atoms with Gasteiger partial charge >= 0.3 is 6.03 Å². The van der Waals surface area contributed by atoms with Crippen LogP contribution in [0, 0.1) is 5.82 Å². The Morgan fingerprint density at radius 2 is 2.04 bits per heavy atom. The van der Waals surface area contributed by atoms with Crippen molar-refractivity contribution in [2.45, 2.75) is 25.4 Å². The van der Waals surface area contributed by atoms with Crippen LogP contribution in [0.5, 0.6) is 5.75 Å².